The normalized spacial score (nSPS) is 39.6. The first-order chi connectivity index (χ1) is 4.54. The summed E-state index contributed by atoms with van der Waals surface area (Å²) in [6.07, 6.45) is 1.00. The zero-order valence-electron chi connectivity index (χ0n) is 5.69. The summed E-state index contributed by atoms with van der Waals surface area (Å²) in [7, 11) is 0. The third-order valence-electron chi connectivity index (χ3n) is 2.00. The molecule has 0 spiro atoms. The Hall–Kier alpha value is -0.220. The minimum Gasteiger partial charge on any atom is -0.326 e. The fourth-order valence-electron chi connectivity index (χ4n) is 1.23. The van der Waals surface area contributed by atoms with Gasteiger partial charge in [0.15, 0.2) is 0 Å². The summed E-state index contributed by atoms with van der Waals surface area (Å²) in [6.45, 7) is 0. The van der Waals surface area contributed by atoms with E-state index >= 15 is 0 Å². The molecule has 60 valence electrons. The lowest BCUT2D eigenvalue weighted by Gasteiger charge is -2.32. The smallest absolute Gasteiger partial charge is 0.264 e. The quantitative estimate of drug-likeness (QED) is 0.527. The molecule has 2 unspecified atom stereocenters. The van der Waals surface area contributed by atoms with Crippen molar-refractivity contribution in [1.29, 1.82) is 0 Å². The van der Waals surface area contributed by atoms with E-state index < -0.39 is 18.0 Å². The van der Waals surface area contributed by atoms with E-state index in [0.717, 1.165) is 0 Å². The molecule has 0 saturated heterocycles. The van der Waals surface area contributed by atoms with Crippen molar-refractivity contribution in [2.24, 2.45) is 11.5 Å². The summed E-state index contributed by atoms with van der Waals surface area (Å²) in [6, 6.07) is -1.66. The van der Waals surface area contributed by atoms with Crippen LogP contribution in [0.5, 0.6) is 0 Å². The predicted octanol–water partition coefficient (Wildman–Crippen LogP) is 0.460. The molecule has 1 saturated carbocycles. The number of rotatable bonds is 0. The molecule has 4 heteroatoms. The molecule has 2 nitrogen and oxygen atoms in total. The highest BCUT2D eigenvalue weighted by molar-refractivity contribution is 4.92. The molecule has 0 aromatic heterocycles. The van der Waals surface area contributed by atoms with Crippen molar-refractivity contribution in [2.45, 2.75) is 37.3 Å². The maximum absolute atomic E-state index is 12.6. The van der Waals surface area contributed by atoms with Gasteiger partial charge in [-0.25, -0.2) is 8.78 Å². The Morgan fingerprint density at radius 3 is 2.30 bits per heavy atom. The maximum Gasteiger partial charge on any atom is 0.264 e. The molecule has 4 N–H and O–H groups in total. The lowest BCUT2D eigenvalue weighted by Crippen LogP contribution is -2.55. The summed E-state index contributed by atoms with van der Waals surface area (Å²) in [4.78, 5) is 0. The second-order valence-electron chi connectivity index (χ2n) is 2.84. The lowest BCUT2D eigenvalue weighted by molar-refractivity contribution is -0.0578. The second kappa shape index (κ2) is 2.43. The van der Waals surface area contributed by atoms with Gasteiger partial charge < -0.3 is 11.5 Å². The molecule has 1 aliphatic carbocycles. The van der Waals surface area contributed by atoms with Crippen LogP contribution in [0.4, 0.5) is 8.78 Å². The molecule has 0 amide bonds. The molecule has 0 aromatic carbocycles. The highest BCUT2D eigenvalue weighted by Gasteiger charge is 2.43. The van der Waals surface area contributed by atoms with Crippen molar-refractivity contribution in [3.63, 3.8) is 0 Å². The zero-order valence-corrected chi connectivity index (χ0v) is 5.69. The van der Waals surface area contributed by atoms with Crippen molar-refractivity contribution in [3.8, 4) is 0 Å². The second-order valence-corrected chi connectivity index (χ2v) is 2.84. The molecular weight excluding hydrogens is 138 g/mol. The minimum absolute atomic E-state index is 0.109. The average molecular weight is 150 g/mol. The van der Waals surface area contributed by atoms with Crippen molar-refractivity contribution in [2.75, 3.05) is 0 Å². The molecule has 0 aromatic rings. The molecular formula is C6H12F2N2. The molecule has 1 rings (SSSR count). The van der Waals surface area contributed by atoms with Crippen LogP contribution >= 0.6 is 0 Å². The third-order valence-corrected chi connectivity index (χ3v) is 2.00. The van der Waals surface area contributed by atoms with Gasteiger partial charge in [-0.1, -0.05) is 0 Å². The number of halogens is 2. The predicted molar refractivity (Wildman–Crippen MR) is 34.7 cm³/mol. The number of hydrogen-bond acceptors (Lipinski definition) is 2. The van der Waals surface area contributed by atoms with Crippen LogP contribution < -0.4 is 11.5 Å². The van der Waals surface area contributed by atoms with Gasteiger partial charge in [0.25, 0.3) is 5.92 Å². The van der Waals surface area contributed by atoms with Crippen LogP contribution in [0, 0.1) is 0 Å². The molecule has 0 heterocycles. The average Bonchev–Trinajstić information content (AvgIpc) is 1.83. The summed E-state index contributed by atoms with van der Waals surface area (Å²) in [5, 5.41) is 0. The van der Waals surface area contributed by atoms with Crippen molar-refractivity contribution in [1.82, 2.24) is 0 Å². The molecule has 2 atom stereocenters. The highest BCUT2D eigenvalue weighted by atomic mass is 19.3. The molecule has 10 heavy (non-hydrogen) atoms. The van der Waals surface area contributed by atoms with E-state index in [1.165, 1.54) is 0 Å². The van der Waals surface area contributed by atoms with Crippen LogP contribution in [0.25, 0.3) is 0 Å². The van der Waals surface area contributed by atoms with Crippen molar-refractivity contribution >= 4 is 0 Å². The summed E-state index contributed by atoms with van der Waals surface area (Å²) in [5.41, 5.74) is 10.5. The largest absolute Gasteiger partial charge is 0.326 e. The van der Waals surface area contributed by atoms with E-state index in [0.29, 0.717) is 12.8 Å². The van der Waals surface area contributed by atoms with Gasteiger partial charge in [0.05, 0.1) is 6.04 Å². The summed E-state index contributed by atoms with van der Waals surface area (Å²) < 4.78 is 25.3. The topological polar surface area (TPSA) is 52.0 Å². The Kier molecular flexibility index (Phi) is 1.92. The van der Waals surface area contributed by atoms with E-state index in [2.05, 4.69) is 0 Å². The van der Waals surface area contributed by atoms with Crippen LogP contribution in [0.2, 0.25) is 0 Å². The van der Waals surface area contributed by atoms with Gasteiger partial charge in [0.2, 0.25) is 0 Å². The van der Waals surface area contributed by atoms with Crippen molar-refractivity contribution in [3.05, 3.63) is 0 Å². The van der Waals surface area contributed by atoms with Gasteiger partial charge in [-0.05, 0) is 12.8 Å². The molecule has 1 fully saturated rings. The lowest BCUT2D eigenvalue weighted by atomic mass is 9.88. The SMILES string of the molecule is NC1CCCC(F)(F)C1N. The van der Waals surface area contributed by atoms with Gasteiger partial charge in [-0.3, -0.25) is 0 Å². The first kappa shape index (κ1) is 7.88. The first-order valence-corrected chi connectivity index (χ1v) is 3.43. The highest BCUT2D eigenvalue weighted by Crippen LogP contribution is 2.31. The van der Waals surface area contributed by atoms with Gasteiger partial charge in [-0.15, -0.1) is 0 Å². The first-order valence-electron chi connectivity index (χ1n) is 3.43. The van der Waals surface area contributed by atoms with Gasteiger partial charge >= 0.3 is 0 Å². The number of alkyl halides is 2. The van der Waals surface area contributed by atoms with Gasteiger partial charge in [0, 0.05) is 12.5 Å². The maximum atomic E-state index is 12.6. The van der Waals surface area contributed by atoms with Crippen LogP contribution in [-0.4, -0.2) is 18.0 Å². The number of nitrogens with two attached hydrogens (primary N) is 2. The van der Waals surface area contributed by atoms with Crippen LogP contribution in [-0.2, 0) is 0 Å². The van der Waals surface area contributed by atoms with Crippen LogP contribution in [0.3, 0.4) is 0 Å². The van der Waals surface area contributed by atoms with E-state index in [-0.39, 0.29) is 6.42 Å². The summed E-state index contributed by atoms with van der Waals surface area (Å²) >= 11 is 0. The zero-order chi connectivity index (χ0) is 7.78. The van der Waals surface area contributed by atoms with E-state index in [4.69, 9.17) is 11.5 Å². The van der Waals surface area contributed by atoms with Gasteiger partial charge in [-0.2, -0.15) is 0 Å². The van der Waals surface area contributed by atoms with E-state index in [1.807, 2.05) is 0 Å². The third kappa shape index (κ3) is 1.27. The van der Waals surface area contributed by atoms with Gasteiger partial charge in [0.1, 0.15) is 0 Å². The Morgan fingerprint density at radius 1 is 1.30 bits per heavy atom. The van der Waals surface area contributed by atoms with E-state index in [1.54, 1.807) is 0 Å². The van der Waals surface area contributed by atoms with Crippen molar-refractivity contribution < 1.29 is 8.78 Å². The Balaban J connectivity index is 2.60. The van der Waals surface area contributed by atoms with Crippen LogP contribution in [0.1, 0.15) is 19.3 Å². The Morgan fingerprint density at radius 2 is 1.90 bits per heavy atom. The molecule has 0 aliphatic heterocycles. The Labute approximate surface area is 58.6 Å². The number of hydrogen-bond donors (Lipinski definition) is 2. The van der Waals surface area contributed by atoms with E-state index in [9.17, 15) is 8.78 Å². The fraction of sp³-hybridized carbons (Fsp3) is 1.00. The monoisotopic (exact) mass is 150 g/mol. The van der Waals surface area contributed by atoms with Crippen LogP contribution in [0.15, 0.2) is 0 Å². The summed E-state index contributed by atoms with van der Waals surface area (Å²) in [5.74, 6) is -2.74. The Bertz CT molecular complexity index is 127. The molecule has 1 aliphatic rings. The molecule has 0 radical (unpaired) electrons. The standard InChI is InChI=1S/C6H12F2N2/c7-6(8)3-1-2-4(9)5(6)10/h4-5H,1-3,9-10H2. The molecule has 0 bridgehead atoms. The minimum atomic E-state index is -2.74. The fourth-order valence-corrected chi connectivity index (χ4v) is 1.23.